The molecule has 0 saturated carbocycles. The fourth-order valence-electron chi connectivity index (χ4n) is 2.06. The fourth-order valence-corrected chi connectivity index (χ4v) is 2.06. The summed E-state index contributed by atoms with van der Waals surface area (Å²) in [4.78, 5) is 10.8. The SMILES string of the molecule is O=C(O)C1CC(COc2ccc3c(c2)OCO3)NN1. The minimum absolute atomic E-state index is 0.0356. The summed E-state index contributed by atoms with van der Waals surface area (Å²) in [6.45, 7) is 0.615. The van der Waals surface area contributed by atoms with Crippen LogP contribution in [0.25, 0.3) is 0 Å². The number of carbonyl (C=O) groups is 1. The lowest BCUT2D eigenvalue weighted by Crippen LogP contribution is -2.38. The lowest BCUT2D eigenvalue weighted by Gasteiger charge is -2.11. The molecule has 0 aliphatic carbocycles. The Morgan fingerprint density at radius 1 is 1.37 bits per heavy atom. The number of fused-ring (bicyclic) bond motifs is 1. The molecule has 7 nitrogen and oxygen atoms in total. The monoisotopic (exact) mass is 266 g/mol. The van der Waals surface area contributed by atoms with Crippen molar-refractivity contribution in [3.05, 3.63) is 18.2 Å². The number of carboxylic acids is 1. The van der Waals surface area contributed by atoms with E-state index in [0.717, 1.165) is 0 Å². The number of carboxylic acid groups (broad SMARTS) is 1. The molecule has 0 spiro atoms. The first-order chi connectivity index (χ1) is 9.22. The number of hydrogen-bond donors (Lipinski definition) is 3. The van der Waals surface area contributed by atoms with Gasteiger partial charge in [0.05, 0.1) is 6.04 Å². The summed E-state index contributed by atoms with van der Waals surface area (Å²) in [5, 5.41) is 8.85. The highest BCUT2D eigenvalue weighted by Crippen LogP contribution is 2.35. The van der Waals surface area contributed by atoms with Gasteiger partial charge >= 0.3 is 5.97 Å². The molecule has 1 saturated heterocycles. The van der Waals surface area contributed by atoms with Crippen LogP contribution in [0.1, 0.15) is 6.42 Å². The zero-order chi connectivity index (χ0) is 13.2. The van der Waals surface area contributed by atoms with Crippen LogP contribution in [0.2, 0.25) is 0 Å². The maximum Gasteiger partial charge on any atom is 0.322 e. The van der Waals surface area contributed by atoms with Crippen molar-refractivity contribution in [2.75, 3.05) is 13.4 Å². The molecule has 7 heteroatoms. The van der Waals surface area contributed by atoms with Crippen molar-refractivity contribution >= 4 is 5.97 Å². The van der Waals surface area contributed by atoms with Gasteiger partial charge in [-0.3, -0.25) is 10.2 Å². The quantitative estimate of drug-likeness (QED) is 0.713. The van der Waals surface area contributed by atoms with Gasteiger partial charge in [-0.2, -0.15) is 0 Å². The second kappa shape index (κ2) is 4.94. The molecule has 2 aliphatic rings. The zero-order valence-corrected chi connectivity index (χ0v) is 10.1. The Kier molecular flexibility index (Phi) is 3.14. The number of benzene rings is 1. The molecule has 2 aliphatic heterocycles. The number of ether oxygens (including phenoxy) is 3. The molecule has 1 fully saturated rings. The second-order valence-corrected chi connectivity index (χ2v) is 4.44. The molecular formula is C12H14N2O5. The number of hydrazine groups is 1. The van der Waals surface area contributed by atoms with E-state index in [1.54, 1.807) is 18.2 Å². The third kappa shape index (κ3) is 2.56. The lowest BCUT2D eigenvalue weighted by atomic mass is 10.1. The van der Waals surface area contributed by atoms with E-state index in [4.69, 9.17) is 19.3 Å². The number of hydrogen-bond acceptors (Lipinski definition) is 6. The molecule has 19 heavy (non-hydrogen) atoms. The summed E-state index contributed by atoms with van der Waals surface area (Å²) in [6, 6.07) is 4.75. The third-order valence-corrected chi connectivity index (χ3v) is 3.08. The third-order valence-electron chi connectivity index (χ3n) is 3.08. The van der Waals surface area contributed by atoms with Crippen LogP contribution in [0.15, 0.2) is 18.2 Å². The molecular weight excluding hydrogens is 252 g/mol. The Morgan fingerprint density at radius 2 is 2.21 bits per heavy atom. The largest absolute Gasteiger partial charge is 0.492 e. The van der Waals surface area contributed by atoms with Crippen LogP contribution in [0.4, 0.5) is 0 Å². The van der Waals surface area contributed by atoms with Crippen molar-refractivity contribution < 1.29 is 24.1 Å². The van der Waals surface area contributed by atoms with Crippen LogP contribution in [-0.4, -0.2) is 36.6 Å². The fraction of sp³-hybridized carbons (Fsp3) is 0.417. The van der Waals surface area contributed by atoms with Crippen LogP contribution >= 0.6 is 0 Å². The highest BCUT2D eigenvalue weighted by atomic mass is 16.7. The molecule has 2 heterocycles. The molecule has 102 valence electrons. The summed E-state index contributed by atoms with van der Waals surface area (Å²) in [5.74, 6) is 1.18. The van der Waals surface area contributed by atoms with Crippen LogP contribution < -0.4 is 25.1 Å². The van der Waals surface area contributed by atoms with Crippen molar-refractivity contribution in [3.63, 3.8) is 0 Å². The predicted molar refractivity (Wildman–Crippen MR) is 64.2 cm³/mol. The first-order valence-electron chi connectivity index (χ1n) is 5.98. The van der Waals surface area contributed by atoms with Crippen molar-refractivity contribution in [1.82, 2.24) is 10.9 Å². The van der Waals surface area contributed by atoms with Gasteiger partial charge in [0.1, 0.15) is 18.4 Å². The van der Waals surface area contributed by atoms with E-state index in [1.807, 2.05) is 0 Å². The summed E-state index contributed by atoms with van der Waals surface area (Å²) >= 11 is 0. The summed E-state index contributed by atoms with van der Waals surface area (Å²) in [6.07, 6.45) is 0.486. The first-order valence-corrected chi connectivity index (χ1v) is 5.98. The van der Waals surface area contributed by atoms with Gasteiger partial charge < -0.3 is 19.3 Å². The van der Waals surface area contributed by atoms with Gasteiger partial charge in [0.25, 0.3) is 0 Å². The van der Waals surface area contributed by atoms with Gasteiger partial charge in [0.15, 0.2) is 11.5 Å². The van der Waals surface area contributed by atoms with Gasteiger partial charge in [0.2, 0.25) is 6.79 Å². The molecule has 3 rings (SSSR count). The topological polar surface area (TPSA) is 89.1 Å². The van der Waals surface area contributed by atoms with Gasteiger partial charge in [-0.1, -0.05) is 0 Å². The Balaban J connectivity index is 1.54. The van der Waals surface area contributed by atoms with E-state index < -0.39 is 12.0 Å². The zero-order valence-electron chi connectivity index (χ0n) is 10.1. The minimum atomic E-state index is -0.863. The Bertz CT molecular complexity index is 493. The van der Waals surface area contributed by atoms with E-state index in [1.165, 1.54) is 0 Å². The molecule has 0 aromatic heterocycles. The number of nitrogens with one attached hydrogen (secondary N) is 2. The number of rotatable bonds is 4. The van der Waals surface area contributed by atoms with Crippen LogP contribution in [-0.2, 0) is 4.79 Å². The van der Waals surface area contributed by atoms with Crippen molar-refractivity contribution in [2.24, 2.45) is 0 Å². The highest BCUT2D eigenvalue weighted by Gasteiger charge is 2.29. The second-order valence-electron chi connectivity index (χ2n) is 4.44. The molecule has 2 atom stereocenters. The molecule has 2 unspecified atom stereocenters. The van der Waals surface area contributed by atoms with Gasteiger partial charge in [0, 0.05) is 6.07 Å². The summed E-state index contributed by atoms with van der Waals surface area (Å²) in [7, 11) is 0. The first kappa shape index (κ1) is 12.1. The van der Waals surface area contributed by atoms with E-state index >= 15 is 0 Å². The molecule has 0 radical (unpaired) electrons. The number of aliphatic carboxylic acids is 1. The van der Waals surface area contributed by atoms with E-state index in [2.05, 4.69) is 10.9 Å². The van der Waals surface area contributed by atoms with E-state index in [-0.39, 0.29) is 12.8 Å². The maximum atomic E-state index is 10.8. The van der Waals surface area contributed by atoms with Crippen LogP contribution in [0.5, 0.6) is 17.2 Å². The average molecular weight is 266 g/mol. The molecule has 1 aromatic rings. The smallest absolute Gasteiger partial charge is 0.322 e. The van der Waals surface area contributed by atoms with E-state index in [0.29, 0.717) is 30.3 Å². The normalized spacial score (nSPS) is 24.4. The standard InChI is InChI=1S/C12H14N2O5/c15-12(16)9-3-7(13-14-9)5-17-8-1-2-10-11(4-8)19-6-18-10/h1-2,4,7,9,13-14H,3,5-6H2,(H,15,16). The van der Waals surface area contributed by atoms with Crippen molar-refractivity contribution in [1.29, 1.82) is 0 Å². The maximum absolute atomic E-state index is 10.8. The molecule has 1 aromatic carbocycles. The van der Waals surface area contributed by atoms with E-state index in [9.17, 15) is 4.79 Å². The van der Waals surface area contributed by atoms with Crippen molar-refractivity contribution in [2.45, 2.75) is 18.5 Å². The lowest BCUT2D eigenvalue weighted by molar-refractivity contribution is -0.139. The van der Waals surface area contributed by atoms with Gasteiger partial charge in [-0.15, -0.1) is 0 Å². The van der Waals surface area contributed by atoms with Crippen molar-refractivity contribution in [3.8, 4) is 17.2 Å². The van der Waals surface area contributed by atoms with Gasteiger partial charge in [-0.25, -0.2) is 5.43 Å². The molecule has 0 bridgehead atoms. The Morgan fingerprint density at radius 3 is 3.00 bits per heavy atom. The predicted octanol–water partition coefficient (Wildman–Crippen LogP) is 0.114. The Labute approximate surface area is 109 Å². The highest BCUT2D eigenvalue weighted by molar-refractivity contribution is 5.73. The van der Waals surface area contributed by atoms with Crippen LogP contribution in [0.3, 0.4) is 0 Å². The van der Waals surface area contributed by atoms with Gasteiger partial charge in [-0.05, 0) is 18.6 Å². The molecule has 3 N–H and O–H groups in total. The van der Waals surface area contributed by atoms with Crippen LogP contribution in [0, 0.1) is 0 Å². The molecule has 0 amide bonds. The average Bonchev–Trinajstić information content (AvgIpc) is 3.04. The summed E-state index contributed by atoms with van der Waals surface area (Å²) in [5.41, 5.74) is 5.61. The Hall–Kier alpha value is -1.99. The minimum Gasteiger partial charge on any atom is -0.492 e. The summed E-state index contributed by atoms with van der Waals surface area (Å²) < 4.78 is 16.1.